The zero-order valence-electron chi connectivity index (χ0n) is 16.0. The van der Waals surface area contributed by atoms with E-state index in [1.54, 1.807) is 11.0 Å². The highest BCUT2D eigenvalue weighted by Crippen LogP contribution is 2.33. The highest BCUT2D eigenvalue weighted by molar-refractivity contribution is 6.00. The number of fused-ring (bicyclic) bond motifs is 1. The van der Waals surface area contributed by atoms with Gasteiger partial charge in [0.2, 0.25) is 0 Å². The monoisotopic (exact) mass is 360 g/mol. The van der Waals surface area contributed by atoms with Crippen LogP contribution in [0.25, 0.3) is 0 Å². The van der Waals surface area contributed by atoms with Gasteiger partial charge in [-0.2, -0.15) is 0 Å². The summed E-state index contributed by atoms with van der Waals surface area (Å²) < 4.78 is 5.43. The Morgan fingerprint density at radius 1 is 1.27 bits per heavy atom. The van der Waals surface area contributed by atoms with Gasteiger partial charge in [0, 0.05) is 38.3 Å². The SMILES string of the molecule is CNc1cc2c(cc1N)C(=O)N(C1CCN(C(=O)OC(C)(C)C)CC1)C2. The van der Waals surface area contributed by atoms with Gasteiger partial charge in [-0.3, -0.25) is 4.79 Å². The van der Waals surface area contributed by atoms with Crippen LogP contribution < -0.4 is 11.1 Å². The molecule has 0 aliphatic carbocycles. The van der Waals surface area contributed by atoms with E-state index < -0.39 is 5.60 Å². The van der Waals surface area contributed by atoms with Crippen molar-refractivity contribution in [3.63, 3.8) is 0 Å². The van der Waals surface area contributed by atoms with Crippen molar-refractivity contribution < 1.29 is 14.3 Å². The Morgan fingerprint density at radius 3 is 2.50 bits per heavy atom. The fourth-order valence-electron chi connectivity index (χ4n) is 3.60. The van der Waals surface area contributed by atoms with Gasteiger partial charge in [-0.15, -0.1) is 0 Å². The lowest BCUT2D eigenvalue weighted by molar-refractivity contribution is 0.0148. The predicted molar refractivity (Wildman–Crippen MR) is 101 cm³/mol. The number of nitrogens with two attached hydrogens (primary N) is 1. The number of carbonyl (C=O) groups excluding carboxylic acids is 2. The Balaban J connectivity index is 1.64. The molecule has 2 heterocycles. The number of amides is 2. The highest BCUT2D eigenvalue weighted by atomic mass is 16.6. The van der Waals surface area contributed by atoms with Crippen molar-refractivity contribution in [1.29, 1.82) is 0 Å². The second-order valence-electron chi connectivity index (χ2n) is 7.98. The quantitative estimate of drug-likeness (QED) is 0.792. The summed E-state index contributed by atoms with van der Waals surface area (Å²) in [7, 11) is 1.82. The average molecular weight is 360 g/mol. The maximum Gasteiger partial charge on any atom is 0.410 e. The summed E-state index contributed by atoms with van der Waals surface area (Å²) in [4.78, 5) is 28.6. The Morgan fingerprint density at radius 2 is 1.92 bits per heavy atom. The molecule has 7 heteroatoms. The van der Waals surface area contributed by atoms with E-state index in [1.807, 2.05) is 38.8 Å². The van der Waals surface area contributed by atoms with Gasteiger partial charge in [0.1, 0.15) is 5.60 Å². The van der Waals surface area contributed by atoms with Crippen LogP contribution >= 0.6 is 0 Å². The van der Waals surface area contributed by atoms with E-state index in [4.69, 9.17) is 10.5 Å². The number of anilines is 2. The first kappa shape index (κ1) is 18.4. The van der Waals surface area contributed by atoms with Crippen molar-refractivity contribution in [2.75, 3.05) is 31.2 Å². The molecule has 0 spiro atoms. The third-order valence-electron chi connectivity index (χ3n) is 4.93. The fourth-order valence-corrected chi connectivity index (χ4v) is 3.60. The maximum atomic E-state index is 12.8. The first-order valence-electron chi connectivity index (χ1n) is 9.08. The van der Waals surface area contributed by atoms with Crippen LogP contribution in [0.3, 0.4) is 0 Å². The topological polar surface area (TPSA) is 87.9 Å². The van der Waals surface area contributed by atoms with E-state index >= 15 is 0 Å². The minimum absolute atomic E-state index is 0.0325. The molecule has 1 aromatic carbocycles. The average Bonchev–Trinajstić information content (AvgIpc) is 2.89. The van der Waals surface area contributed by atoms with Crippen LogP contribution in [0.1, 0.15) is 49.5 Å². The number of carbonyl (C=O) groups is 2. The van der Waals surface area contributed by atoms with Gasteiger partial charge in [-0.05, 0) is 51.3 Å². The van der Waals surface area contributed by atoms with Crippen LogP contribution in [0.4, 0.5) is 16.2 Å². The lowest BCUT2D eigenvalue weighted by atomic mass is 10.0. The van der Waals surface area contributed by atoms with E-state index in [0.717, 1.165) is 24.1 Å². The van der Waals surface area contributed by atoms with Gasteiger partial charge < -0.3 is 25.6 Å². The smallest absolute Gasteiger partial charge is 0.410 e. The van der Waals surface area contributed by atoms with E-state index in [0.29, 0.717) is 30.9 Å². The molecule has 0 atom stereocenters. The molecule has 0 unspecified atom stereocenters. The number of rotatable bonds is 2. The van der Waals surface area contributed by atoms with Crippen molar-refractivity contribution in [3.8, 4) is 0 Å². The molecule has 2 aliphatic rings. The summed E-state index contributed by atoms with van der Waals surface area (Å²) in [6, 6.07) is 3.85. The van der Waals surface area contributed by atoms with Crippen molar-refractivity contribution in [2.45, 2.75) is 51.8 Å². The minimum atomic E-state index is -0.495. The molecule has 1 fully saturated rings. The number of benzene rings is 1. The first-order chi connectivity index (χ1) is 12.2. The second kappa shape index (κ2) is 6.70. The Hall–Kier alpha value is -2.44. The molecule has 2 aliphatic heterocycles. The number of hydrogen-bond donors (Lipinski definition) is 2. The molecule has 2 amide bonds. The second-order valence-corrected chi connectivity index (χ2v) is 7.98. The number of piperidine rings is 1. The van der Waals surface area contributed by atoms with Crippen LogP contribution in [0.5, 0.6) is 0 Å². The lowest BCUT2D eigenvalue weighted by Crippen LogP contribution is -2.48. The van der Waals surface area contributed by atoms with Crippen LogP contribution in [0, 0.1) is 0 Å². The number of ether oxygens (including phenoxy) is 1. The number of nitrogen functional groups attached to an aromatic ring is 1. The highest BCUT2D eigenvalue weighted by Gasteiger charge is 2.36. The van der Waals surface area contributed by atoms with E-state index in [-0.39, 0.29) is 18.0 Å². The molecule has 0 radical (unpaired) electrons. The molecular weight excluding hydrogens is 332 g/mol. The molecule has 7 nitrogen and oxygen atoms in total. The Bertz CT molecular complexity index is 718. The fraction of sp³-hybridized carbons (Fsp3) is 0.579. The molecule has 0 saturated carbocycles. The predicted octanol–water partition coefficient (Wildman–Crippen LogP) is 2.67. The molecule has 1 saturated heterocycles. The van der Waals surface area contributed by atoms with E-state index in [9.17, 15) is 9.59 Å². The van der Waals surface area contributed by atoms with Crippen molar-refractivity contribution in [3.05, 3.63) is 23.3 Å². The number of nitrogens with one attached hydrogen (secondary N) is 1. The summed E-state index contributed by atoms with van der Waals surface area (Å²) in [6.07, 6.45) is 1.24. The van der Waals surface area contributed by atoms with Crippen LogP contribution in [0.2, 0.25) is 0 Å². The third-order valence-corrected chi connectivity index (χ3v) is 4.93. The molecule has 26 heavy (non-hydrogen) atoms. The Kier molecular flexibility index (Phi) is 4.73. The molecule has 1 aromatic rings. The third kappa shape index (κ3) is 3.57. The van der Waals surface area contributed by atoms with Gasteiger partial charge in [-0.1, -0.05) is 0 Å². The summed E-state index contributed by atoms with van der Waals surface area (Å²) in [6.45, 7) is 7.39. The number of nitrogens with zero attached hydrogens (tertiary/aromatic N) is 2. The summed E-state index contributed by atoms with van der Waals surface area (Å²) in [5.74, 6) is 0.0325. The Labute approximate surface area is 154 Å². The minimum Gasteiger partial charge on any atom is -0.444 e. The van der Waals surface area contributed by atoms with Crippen LogP contribution in [-0.2, 0) is 11.3 Å². The molecular formula is C19H28N4O3. The first-order valence-corrected chi connectivity index (χ1v) is 9.08. The van der Waals surface area contributed by atoms with Gasteiger partial charge in [0.15, 0.2) is 0 Å². The number of likely N-dealkylation sites (tertiary alicyclic amines) is 1. The van der Waals surface area contributed by atoms with Gasteiger partial charge >= 0.3 is 6.09 Å². The normalized spacial score (nSPS) is 18.1. The number of hydrogen-bond acceptors (Lipinski definition) is 5. The zero-order valence-corrected chi connectivity index (χ0v) is 16.0. The summed E-state index contributed by atoms with van der Waals surface area (Å²) in [5.41, 5.74) is 8.63. The van der Waals surface area contributed by atoms with Crippen molar-refractivity contribution >= 4 is 23.4 Å². The zero-order chi connectivity index (χ0) is 19.1. The summed E-state index contributed by atoms with van der Waals surface area (Å²) in [5, 5.41) is 3.06. The van der Waals surface area contributed by atoms with Gasteiger partial charge in [0.25, 0.3) is 5.91 Å². The lowest BCUT2D eigenvalue weighted by Gasteiger charge is -2.37. The largest absolute Gasteiger partial charge is 0.444 e. The molecule has 3 N–H and O–H groups in total. The molecule has 3 rings (SSSR count). The van der Waals surface area contributed by atoms with Crippen molar-refractivity contribution in [1.82, 2.24) is 9.80 Å². The molecule has 0 bridgehead atoms. The molecule has 0 aromatic heterocycles. The summed E-state index contributed by atoms with van der Waals surface area (Å²) >= 11 is 0. The van der Waals surface area contributed by atoms with Gasteiger partial charge in [0.05, 0.1) is 11.4 Å². The van der Waals surface area contributed by atoms with Crippen LogP contribution in [0.15, 0.2) is 12.1 Å². The maximum absolute atomic E-state index is 12.8. The van der Waals surface area contributed by atoms with Crippen molar-refractivity contribution in [2.24, 2.45) is 0 Å². The van der Waals surface area contributed by atoms with E-state index in [1.165, 1.54) is 0 Å². The standard InChI is InChI=1S/C19H28N4O3/c1-19(2,3)26-18(25)22-7-5-13(6-8-22)23-11-12-9-16(21-4)15(20)10-14(12)17(23)24/h9-10,13,21H,5-8,11,20H2,1-4H3. The van der Waals surface area contributed by atoms with Crippen LogP contribution in [-0.4, -0.2) is 53.6 Å². The van der Waals surface area contributed by atoms with Gasteiger partial charge in [-0.25, -0.2) is 4.79 Å². The molecule has 142 valence electrons. The van der Waals surface area contributed by atoms with E-state index in [2.05, 4.69) is 5.32 Å².